The summed E-state index contributed by atoms with van der Waals surface area (Å²) in [7, 11) is 0. The van der Waals surface area contributed by atoms with Crippen molar-refractivity contribution in [2.24, 2.45) is 11.8 Å². The Hall–Kier alpha value is -3.10. The molecular weight excluding hydrogens is 508 g/mol. The molecule has 9 nitrogen and oxygen atoms in total. The van der Waals surface area contributed by atoms with Crippen molar-refractivity contribution in [2.75, 3.05) is 36.0 Å². The first-order valence-electron chi connectivity index (χ1n) is 15.1. The van der Waals surface area contributed by atoms with Crippen LogP contribution < -0.4 is 15.1 Å². The number of likely N-dealkylation sites (tertiary alicyclic amines) is 1. The van der Waals surface area contributed by atoms with E-state index < -0.39 is 17.1 Å². The number of anilines is 2. The maximum Gasteiger partial charge on any atom is 0.410 e. The van der Waals surface area contributed by atoms with E-state index in [4.69, 9.17) is 4.74 Å². The quantitative estimate of drug-likeness (QED) is 0.566. The van der Waals surface area contributed by atoms with Gasteiger partial charge in [0.05, 0.1) is 5.41 Å². The number of imide groups is 1. The van der Waals surface area contributed by atoms with Crippen LogP contribution in [0.3, 0.4) is 0 Å². The molecule has 9 heteroatoms. The first-order chi connectivity index (χ1) is 19.0. The van der Waals surface area contributed by atoms with Gasteiger partial charge in [0, 0.05) is 44.0 Å². The van der Waals surface area contributed by atoms with E-state index in [0.717, 1.165) is 81.6 Å². The SMILES string of the molecule is CC(C)(C)OC(=O)N1CCC(CC2CCN(c3ccc4c(c3)C3(CC3)C(=O)N4C3CCC(=O)NC3=O)CC2)CC1. The Labute approximate surface area is 236 Å². The molecule has 4 heterocycles. The third-order valence-electron chi connectivity index (χ3n) is 9.57. The van der Waals surface area contributed by atoms with Crippen LogP contribution >= 0.6 is 0 Å². The summed E-state index contributed by atoms with van der Waals surface area (Å²) in [6.45, 7) is 9.29. The van der Waals surface area contributed by atoms with Gasteiger partial charge in [0.2, 0.25) is 17.7 Å². The lowest BCUT2D eigenvalue weighted by molar-refractivity contribution is -0.135. The highest BCUT2D eigenvalue weighted by Gasteiger charge is 2.61. The molecule has 4 fully saturated rings. The molecule has 0 bridgehead atoms. The van der Waals surface area contributed by atoms with E-state index in [9.17, 15) is 19.2 Å². The molecule has 40 heavy (non-hydrogen) atoms. The van der Waals surface area contributed by atoms with Crippen molar-refractivity contribution in [2.45, 2.75) is 95.6 Å². The van der Waals surface area contributed by atoms with Gasteiger partial charge in [-0.3, -0.25) is 24.6 Å². The standard InChI is InChI=1S/C31H42N4O5/c1-30(2,3)40-29(39)34-16-10-21(11-17-34)18-20-8-14-33(15-9-20)22-4-5-24-23(19-22)31(12-13-31)28(38)35(24)25-6-7-26(36)32-27(25)37/h4-5,19-21,25H,6-18H2,1-3H3,(H,32,36,37). The number of carbonyl (C=O) groups excluding carboxylic acids is 4. The number of piperidine rings is 3. The van der Waals surface area contributed by atoms with Crippen LogP contribution in [0.2, 0.25) is 0 Å². The minimum absolute atomic E-state index is 0.0190. The zero-order chi connectivity index (χ0) is 28.2. The van der Waals surface area contributed by atoms with Crippen LogP contribution in [-0.2, 0) is 24.5 Å². The zero-order valence-electron chi connectivity index (χ0n) is 24.0. The van der Waals surface area contributed by atoms with E-state index in [-0.39, 0.29) is 30.2 Å². The summed E-state index contributed by atoms with van der Waals surface area (Å²) in [6, 6.07) is 5.70. The Balaban J connectivity index is 1.05. The van der Waals surface area contributed by atoms with Crippen molar-refractivity contribution >= 4 is 35.2 Å². The van der Waals surface area contributed by atoms with Crippen LogP contribution in [0.4, 0.5) is 16.2 Å². The summed E-state index contributed by atoms with van der Waals surface area (Å²) in [4.78, 5) is 56.2. The highest BCUT2D eigenvalue weighted by molar-refractivity contribution is 6.15. The molecule has 3 saturated heterocycles. The second kappa shape index (κ2) is 10.1. The third kappa shape index (κ3) is 5.07. The van der Waals surface area contributed by atoms with Gasteiger partial charge in [-0.25, -0.2) is 4.79 Å². The molecule has 1 saturated carbocycles. The van der Waals surface area contributed by atoms with Gasteiger partial charge in [-0.15, -0.1) is 0 Å². The van der Waals surface area contributed by atoms with E-state index in [1.807, 2.05) is 31.7 Å². The average molecular weight is 551 g/mol. The molecule has 1 N–H and O–H groups in total. The summed E-state index contributed by atoms with van der Waals surface area (Å²) in [5.41, 5.74) is 2.11. The van der Waals surface area contributed by atoms with E-state index in [1.165, 1.54) is 6.42 Å². The van der Waals surface area contributed by atoms with Gasteiger partial charge in [-0.05, 0) is 108 Å². The van der Waals surface area contributed by atoms with E-state index in [1.54, 1.807) is 4.90 Å². The Bertz CT molecular complexity index is 1200. The van der Waals surface area contributed by atoms with Gasteiger partial charge in [0.15, 0.2) is 0 Å². The summed E-state index contributed by atoms with van der Waals surface area (Å²) in [5, 5.41) is 2.41. The average Bonchev–Trinajstić information content (AvgIpc) is 3.68. The smallest absolute Gasteiger partial charge is 0.410 e. The maximum absolute atomic E-state index is 13.5. The molecular formula is C31H42N4O5. The number of amides is 4. The lowest BCUT2D eigenvalue weighted by atomic mass is 9.82. The van der Waals surface area contributed by atoms with E-state index in [0.29, 0.717) is 18.3 Å². The molecule has 5 aliphatic rings. The predicted octanol–water partition coefficient (Wildman–Crippen LogP) is 4.12. The van der Waals surface area contributed by atoms with Crippen LogP contribution in [0.25, 0.3) is 0 Å². The van der Waals surface area contributed by atoms with Gasteiger partial charge in [-0.2, -0.15) is 0 Å². The van der Waals surface area contributed by atoms with Crippen molar-refractivity contribution in [3.63, 3.8) is 0 Å². The Morgan fingerprint density at radius 2 is 1.62 bits per heavy atom. The molecule has 1 atom stereocenters. The molecule has 4 amide bonds. The van der Waals surface area contributed by atoms with Crippen LogP contribution in [0, 0.1) is 11.8 Å². The monoisotopic (exact) mass is 550 g/mol. The summed E-state index contributed by atoms with van der Waals surface area (Å²) < 4.78 is 5.54. The van der Waals surface area contributed by atoms with Gasteiger partial charge in [0.25, 0.3) is 0 Å². The predicted molar refractivity (Wildman–Crippen MR) is 151 cm³/mol. The number of fused-ring (bicyclic) bond motifs is 2. The Kier molecular flexibility index (Phi) is 6.82. The summed E-state index contributed by atoms with van der Waals surface area (Å²) >= 11 is 0. The van der Waals surface area contributed by atoms with Crippen molar-refractivity contribution in [3.05, 3.63) is 23.8 Å². The van der Waals surface area contributed by atoms with Gasteiger partial charge in [0.1, 0.15) is 11.6 Å². The van der Waals surface area contributed by atoms with Crippen molar-refractivity contribution in [3.8, 4) is 0 Å². The fourth-order valence-corrected chi connectivity index (χ4v) is 7.19. The molecule has 1 aliphatic carbocycles. The fourth-order valence-electron chi connectivity index (χ4n) is 7.19. The second-order valence-corrected chi connectivity index (χ2v) is 13.5. The number of nitrogens with one attached hydrogen (secondary N) is 1. The topological polar surface area (TPSA) is 99.3 Å². The van der Waals surface area contributed by atoms with Crippen LogP contribution in [0.1, 0.15) is 84.1 Å². The van der Waals surface area contributed by atoms with Gasteiger partial charge >= 0.3 is 6.09 Å². The van der Waals surface area contributed by atoms with Crippen molar-refractivity contribution in [1.29, 1.82) is 0 Å². The number of hydrogen-bond donors (Lipinski definition) is 1. The second-order valence-electron chi connectivity index (χ2n) is 13.5. The maximum atomic E-state index is 13.5. The number of rotatable bonds is 4. The molecule has 216 valence electrons. The number of ether oxygens (including phenoxy) is 1. The zero-order valence-corrected chi connectivity index (χ0v) is 24.0. The number of carbonyl (C=O) groups is 4. The molecule has 6 rings (SSSR count). The number of hydrogen-bond acceptors (Lipinski definition) is 6. The van der Waals surface area contributed by atoms with Gasteiger partial charge < -0.3 is 14.5 Å². The number of benzene rings is 1. The van der Waals surface area contributed by atoms with Crippen molar-refractivity contribution in [1.82, 2.24) is 10.2 Å². The van der Waals surface area contributed by atoms with Crippen LogP contribution in [0.5, 0.6) is 0 Å². The van der Waals surface area contributed by atoms with Gasteiger partial charge in [-0.1, -0.05) is 0 Å². The molecule has 4 aliphatic heterocycles. The largest absolute Gasteiger partial charge is 0.444 e. The lowest BCUT2D eigenvalue weighted by Crippen LogP contribution is -2.54. The minimum atomic E-state index is -0.610. The van der Waals surface area contributed by atoms with Crippen LogP contribution in [0.15, 0.2) is 18.2 Å². The van der Waals surface area contributed by atoms with E-state index in [2.05, 4.69) is 22.3 Å². The summed E-state index contributed by atoms with van der Waals surface area (Å²) in [6.07, 6.45) is 7.70. The highest BCUT2D eigenvalue weighted by Crippen LogP contribution is 2.58. The fraction of sp³-hybridized carbons (Fsp3) is 0.677. The molecule has 0 radical (unpaired) electrons. The highest BCUT2D eigenvalue weighted by atomic mass is 16.6. The summed E-state index contributed by atoms with van der Waals surface area (Å²) in [5.74, 6) is 0.747. The number of nitrogens with zero attached hydrogens (tertiary/aromatic N) is 3. The molecule has 1 spiro atoms. The molecule has 1 aromatic carbocycles. The minimum Gasteiger partial charge on any atom is -0.444 e. The van der Waals surface area contributed by atoms with E-state index >= 15 is 0 Å². The first kappa shape index (κ1) is 27.1. The van der Waals surface area contributed by atoms with Crippen molar-refractivity contribution < 1.29 is 23.9 Å². The molecule has 1 unspecified atom stereocenters. The van der Waals surface area contributed by atoms with Crippen LogP contribution in [-0.4, -0.2) is 66.5 Å². The lowest BCUT2D eigenvalue weighted by Gasteiger charge is -2.38. The molecule has 0 aromatic heterocycles. The normalized spacial score (nSPS) is 25.3. The molecule has 1 aromatic rings. The Morgan fingerprint density at radius 3 is 2.23 bits per heavy atom. The Morgan fingerprint density at radius 1 is 0.975 bits per heavy atom. The first-order valence-corrected chi connectivity index (χ1v) is 15.1. The third-order valence-corrected chi connectivity index (χ3v) is 9.57.